The number of amides is 3. The highest BCUT2D eigenvalue weighted by Gasteiger charge is 2.46. The fraction of sp³-hybridized carbons (Fsp3) is 0.357. The van der Waals surface area contributed by atoms with Gasteiger partial charge in [0, 0.05) is 0 Å². The van der Waals surface area contributed by atoms with Crippen molar-refractivity contribution in [3.8, 4) is 0 Å². The SMILES string of the molecule is CCC1(C)NC(=O)N(/N=C/c2cccc(C)c2)C1=O. The van der Waals surface area contributed by atoms with Gasteiger partial charge in [0.1, 0.15) is 5.54 Å². The van der Waals surface area contributed by atoms with Crippen molar-refractivity contribution in [3.63, 3.8) is 0 Å². The largest absolute Gasteiger partial charge is 0.346 e. The third-order valence-electron chi connectivity index (χ3n) is 3.31. The fourth-order valence-corrected chi connectivity index (χ4v) is 1.89. The van der Waals surface area contributed by atoms with Crippen molar-refractivity contribution in [3.05, 3.63) is 35.4 Å². The number of urea groups is 1. The van der Waals surface area contributed by atoms with Gasteiger partial charge in [0.15, 0.2) is 0 Å². The molecule has 1 aliphatic heterocycles. The molecule has 1 saturated heterocycles. The van der Waals surface area contributed by atoms with Crippen LogP contribution in [0.15, 0.2) is 29.4 Å². The Morgan fingerprint density at radius 3 is 2.74 bits per heavy atom. The number of nitrogens with zero attached hydrogens (tertiary/aromatic N) is 2. The predicted molar refractivity (Wildman–Crippen MR) is 72.8 cm³/mol. The van der Waals surface area contributed by atoms with Gasteiger partial charge in [-0.2, -0.15) is 5.10 Å². The van der Waals surface area contributed by atoms with Crippen LogP contribution in [0, 0.1) is 6.92 Å². The second-order valence-corrected chi connectivity index (χ2v) is 4.89. The summed E-state index contributed by atoms with van der Waals surface area (Å²) in [5.41, 5.74) is 1.10. The molecule has 5 nitrogen and oxygen atoms in total. The molecular formula is C14H17N3O2. The van der Waals surface area contributed by atoms with Gasteiger partial charge >= 0.3 is 6.03 Å². The second kappa shape index (κ2) is 4.84. The number of carbonyl (C=O) groups is 2. The molecule has 1 aromatic rings. The zero-order valence-corrected chi connectivity index (χ0v) is 11.3. The van der Waals surface area contributed by atoms with Crippen molar-refractivity contribution in [2.24, 2.45) is 5.10 Å². The van der Waals surface area contributed by atoms with Crippen LogP contribution in [0.2, 0.25) is 0 Å². The lowest BCUT2D eigenvalue weighted by Gasteiger charge is -2.17. The molecular weight excluding hydrogens is 242 g/mol. The average molecular weight is 259 g/mol. The third kappa shape index (κ3) is 2.50. The molecule has 0 aliphatic carbocycles. The summed E-state index contributed by atoms with van der Waals surface area (Å²) in [7, 11) is 0. The Morgan fingerprint density at radius 2 is 2.16 bits per heavy atom. The van der Waals surface area contributed by atoms with Crippen LogP contribution in [0.3, 0.4) is 0 Å². The van der Waals surface area contributed by atoms with E-state index in [1.165, 1.54) is 6.21 Å². The minimum Gasteiger partial charge on any atom is -0.322 e. The van der Waals surface area contributed by atoms with Gasteiger partial charge in [-0.25, -0.2) is 4.79 Å². The van der Waals surface area contributed by atoms with Gasteiger partial charge in [0.2, 0.25) is 0 Å². The van der Waals surface area contributed by atoms with Crippen LogP contribution in [0.1, 0.15) is 31.4 Å². The number of imide groups is 1. The quantitative estimate of drug-likeness (QED) is 0.667. The van der Waals surface area contributed by atoms with Crippen LogP contribution in [0.4, 0.5) is 4.79 Å². The number of hydrogen-bond donors (Lipinski definition) is 1. The Balaban J connectivity index is 2.20. The molecule has 1 fully saturated rings. The minimum atomic E-state index is -0.846. The van der Waals surface area contributed by atoms with Gasteiger partial charge < -0.3 is 5.32 Å². The van der Waals surface area contributed by atoms with Gasteiger partial charge in [0.25, 0.3) is 5.91 Å². The number of nitrogens with one attached hydrogen (secondary N) is 1. The Kier molecular flexibility index (Phi) is 3.38. The number of rotatable bonds is 3. The first-order valence-corrected chi connectivity index (χ1v) is 6.23. The van der Waals surface area contributed by atoms with E-state index in [-0.39, 0.29) is 5.91 Å². The fourth-order valence-electron chi connectivity index (χ4n) is 1.89. The van der Waals surface area contributed by atoms with Crippen LogP contribution in [-0.4, -0.2) is 28.7 Å². The van der Waals surface area contributed by atoms with Crippen molar-refractivity contribution in [1.29, 1.82) is 0 Å². The first kappa shape index (κ1) is 13.3. The molecule has 1 N–H and O–H groups in total. The highest BCUT2D eigenvalue weighted by atomic mass is 16.2. The van der Waals surface area contributed by atoms with Crippen molar-refractivity contribution < 1.29 is 9.59 Å². The van der Waals surface area contributed by atoms with Crippen molar-refractivity contribution in [2.45, 2.75) is 32.7 Å². The lowest BCUT2D eigenvalue weighted by molar-refractivity contribution is -0.130. The van der Waals surface area contributed by atoms with Crippen LogP contribution in [0.25, 0.3) is 0 Å². The molecule has 0 bridgehead atoms. The van der Waals surface area contributed by atoms with Crippen LogP contribution >= 0.6 is 0 Å². The van der Waals surface area contributed by atoms with E-state index in [0.29, 0.717) is 6.42 Å². The summed E-state index contributed by atoms with van der Waals surface area (Å²) in [6.07, 6.45) is 2.06. The molecule has 1 atom stereocenters. The molecule has 0 spiro atoms. The normalized spacial score (nSPS) is 23.2. The molecule has 3 amide bonds. The van der Waals surface area contributed by atoms with Gasteiger partial charge in [0.05, 0.1) is 6.21 Å². The molecule has 100 valence electrons. The monoisotopic (exact) mass is 259 g/mol. The Morgan fingerprint density at radius 1 is 1.42 bits per heavy atom. The van der Waals surface area contributed by atoms with Gasteiger partial charge in [-0.15, -0.1) is 5.01 Å². The van der Waals surface area contributed by atoms with E-state index in [2.05, 4.69) is 10.4 Å². The Hall–Kier alpha value is -2.17. The molecule has 0 aromatic heterocycles. The highest BCUT2D eigenvalue weighted by Crippen LogP contribution is 2.20. The van der Waals surface area contributed by atoms with E-state index in [4.69, 9.17) is 0 Å². The lowest BCUT2D eigenvalue weighted by atomic mass is 10.00. The summed E-state index contributed by atoms with van der Waals surface area (Å²) in [5, 5.41) is 7.53. The molecule has 19 heavy (non-hydrogen) atoms. The molecule has 0 radical (unpaired) electrons. The van der Waals surface area contributed by atoms with Crippen LogP contribution < -0.4 is 5.32 Å². The van der Waals surface area contributed by atoms with Crippen molar-refractivity contribution in [1.82, 2.24) is 10.3 Å². The van der Waals surface area contributed by atoms with E-state index < -0.39 is 11.6 Å². The molecule has 0 saturated carbocycles. The summed E-state index contributed by atoms with van der Waals surface area (Å²) in [6, 6.07) is 7.20. The summed E-state index contributed by atoms with van der Waals surface area (Å²) >= 11 is 0. The van der Waals surface area contributed by atoms with Crippen LogP contribution in [-0.2, 0) is 4.79 Å². The summed E-state index contributed by atoms with van der Waals surface area (Å²) in [6.45, 7) is 5.53. The van der Waals surface area contributed by atoms with Crippen LogP contribution in [0.5, 0.6) is 0 Å². The van der Waals surface area contributed by atoms with Crippen molar-refractivity contribution >= 4 is 18.2 Å². The molecule has 1 heterocycles. The maximum atomic E-state index is 12.1. The van der Waals surface area contributed by atoms with E-state index in [9.17, 15) is 9.59 Å². The highest BCUT2D eigenvalue weighted by molar-refractivity contribution is 6.07. The van der Waals surface area contributed by atoms with E-state index >= 15 is 0 Å². The number of benzene rings is 1. The zero-order valence-electron chi connectivity index (χ0n) is 11.3. The molecule has 5 heteroatoms. The summed E-state index contributed by atoms with van der Waals surface area (Å²) < 4.78 is 0. The standard InChI is InChI=1S/C14H17N3O2/c1-4-14(3)12(18)17(13(19)16-14)15-9-11-7-5-6-10(2)8-11/h5-9H,4H2,1-3H3,(H,16,19)/b15-9+. The number of aryl methyl sites for hydroxylation is 1. The molecule has 1 unspecified atom stereocenters. The zero-order chi connectivity index (χ0) is 14.0. The molecule has 2 rings (SSSR count). The topological polar surface area (TPSA) is 61.8 Å². The summed E-state index contributed by atoms with van der Waals surface area (Å²) in [5.74, 6) is -0.316. The Labute approximate surface area is 112 Å². The molecule has 1 aliphatic rings. The second-order valence-electron chi connectivity index (χ2n) is 4.89. The van der Waals surface area contributed by atoms with Gasteiger partial charge in [-0.05, 0) is 25.8 Å². The van der Waals surface area contributed by atoms with Gasteiger partial charge in [-0.3, -0.25) is 4.79 Å². The predicted octanol–water partition coefficient (Wildman–Crippen LogP) is 2.05. The number of carbonyl (C=O) groups excluding carboxylic acids is 2. The first-order valence-electron chi connectivity index (χ1n) is 6.23. The maximum absolute atomic E-state index is 12.1. The van der Waals surface area contributed by atoms with Gasteiger partial charge in [-0.1, -0.05) is 36.8 Å². The Bertz CT molecular complexity index is 553. The first-order chi connectivity index (χ1) is 8.96. The minimum absolute atomic E-state index is 0.316. The average Bonchev–Trinajstić information content (AvgIpc) is 2.59. The smallest absolute Gasteiger partial charge is 0.322 e. The van der Waals surface area contributed by atoms with Crippen molar-refractivity contribution in [2.75, 3.05) is 0 Å². The third-order valence-corrected chi connectivity index (χ3v) is 3.31. The maximum Gasteiger partial charge on any atom is 0.346 e. The molecule has 1 aromatic carbocycles. The number of hydrazone groups is 1. The van der Waals surface area contributed by atoms with E-state index in [0.717, 1.165) is 16.1 Å². The number of hydrogen-bond acceptors (Lipinski definition) is 3. The lowest BCUT2D eigenvalue weighted by Crippen LogP contribution is -2.42. The van der Waals surface area contributed by atoms with E-state index in [1.54, 1.807) is 6.92 Å². The summed E-state index contributed by atoms with van der Waals surface area (Å²) in [4.78, 5) is 23.8. The van der Waals surface area contributed by atoms with E-state index in [1.807, 2.05) is 38.1 Å².